The number of nitrogens with zero attached hydrogens (tertiary/aromatic N) is 2. The number of nitrogens with one attached hydrogen (secondary N) is 1. The zero-order valence-corrected chi connectivity index (χ0v) is 20.8. The molecule has 3 rings (SSSR count). The summed E-state index contributed by atoms with van der Waals surface area (Å²) in [6, 6.07) is 6.19. The predicted molar refractivity (Wildman–Crippen MR) is 146 cm³/mol. The van der Waals surface area contributed by atoms with Crippen molar-refractivity contribution in [2.24, 2.45) is 9.98 Å². The van der Waals surface area contributed by atoms with E-state index in [1.807, 2.05) is 50.3 Å². The first-order valence-corrected chi connectivity index (χ1v) is 12.1. The van der Waals surface area contributed by atoms with Crippen LogP contribution >= 0.6 is 0 Å². The molecule has 1 aromatic carbocycles. The van der Waals surface area contributed by atoms with E-state index in [0.29, 0.717) is 43.0 Å². The van der Waals surface area contributed by atoms with Gasteiger partial charge in [-0.25, -0.2) is 13.8 Å². The number of aliphatic hydroxyl groups excluding tert-OH is 1. The van der Waals surface area contributed by atoms with Gasteiger partial charge in [0.05, 0.1) is 18.0 Å². The Kier molecular flexibility index (Phi) is 10.1. The van der Waals surface area contributed by atoms with Crippen molar-refractivity contribution < 1.29 is 13.9 Å². The van der Waals surface area contributed by atoms with Gasteiger partial charge in [0.25, 0.3) is 0 Å². The second kappa shape index (κ2) is 13.4. The highest BCUT2D eigenvalue weighted by molar-refractivity contribution is 6.14. The van der Waals surface area contributed by atoms with E-state index in [1.54, 1.807) is 24.3 Å². The number of allylic oxidation sites excluding steroid dienone is 7. The van der Waals surface area contributed by atoms with Gasteiger partial charge < -0.3 is 10.4 Å². The van der Waals surface area contributed by atoms with Crippen LogP contribution in [0.15, 0.2) is 112 Å². The van der Waals surface area contributed by atoms with Crippen LogP contribution in [0.1, 0.15) is 38.7 Å². The molecule has 2 N–H and O–H groups in total. The van der Waals surface area contributed by atoms with Crippen LogP contribution in [0, 0.1) is 5.82 Å². The first-order valence-electron chi connectivity index (χ1n) is 12.1. The van der Waals surface area contributed by atoms with Crippen molar-refractivity contribution in [2.45, 2.75) is 39.3 Å². The fourth-order valence-corrected chi connectivity index (χ4v) is 3.81. The molecule has 4 nitrogen and oxygen atoms in total. The minimum atomic E-state index is -0.913. The lowest BCUT2D eigenvalue weighted by Crippen LogP contribution is -2.15. The van der Waals surface area contributed by atoms with Crippen molar-refractivity contribution >= 4 is 17.1 Å². The molecule has 0 bridgehead atoms. The van der Waals surface area contributed by atoms with Gasteiger partial charge in [-0.15, -0.1) is 0 Å². The Morgan fingerprint density at radius 3 is 2.72 bits per heavy atom. The maximum absolute atomic E-state index is 13.7. The second-order valence-corrected chi connectivity index (χ2v) is 8.60. The molecule has 0 saturated heterocycles. The Bertz CT molecular complexity index is 1200. The maximum atomic E-state index is 13.7. The lowest BCUT2D eigenvalue weighted by Gasteiger charge is -2.14. The third-order valence-electron chi connectivity index (χ3n) is 5.75. The molecule has 6 heteroatoms. The smallest absolute Gasteiger partial charge is 0.123 e. The lowest BCUT2D eigenvalue weighted by atomic mass is 10.0. The summed E-state index contributed by atoms with van der Waals surface area (Å²) in [5, 5.41) is 12.7. The van der Waals surface area contributed by atoms with Crippen LogP contribution < -0.4 is 5.32 Å². The standard InChI is InChI=1S/C30H33F2N3O/c1-4-7-29(34-22(3)33-19-23-8-5-10-26(31)15-12-23)21(2)30(25-13-16-27(32)17-14-25)35-28-11-6-9-24(18-28)20-36/h4,6-9,12-18,26,33,36H,3,5,10-11,19-20H2,1-2H3/b7-4-,30-21?,34-29+,35-28?. The van der Waals surface area contributed by atoms with Crippen LogP contribution in [0.5, 0.6) is 0 Å². The molecule has 36 heavy (non-hydrogen) atoms. The zero-order valence-electron chi connectivity index (χ0n) is 20.8. The Balaban J connectivity index is 1.95. The van der Waals surface area contributed by atoms with E-state index in [0.717, 1.165) is 28.0 Å². The van der Waals surface area contributed by atoms with Crippen LogP contribution in [0.25, 0.3) is 5.70 Å². The number of rotatable bonds is 9. The zero-order chi connectivity index (χ0) is 25.9. The summed E-state index contributed by atoms with van der Waals surface area (Å²) in [4.78, 5) is 9.60. The minimum Gasteiger partial charge on any atom is -0.392 e. The quantitative estimate of drug-likeness (QED) is 0.386. The lowest BCUT2D eigenvalue weighted by molar-refractivity contribution is 0.335. The van der Waals surface area contributed by atoms with Crippen molar-refractivity contribution in [3.8, 4) is 0 Å². The van der Waals surface area contributed by atoms with E-state index in [-0.39, 0.29) is 12.4 Å². The molecule has 0 aromatic heterocycles. The summed E-state index contributed by atoms with van der Waals surface area (Å²) in [5.74, 6) is 0.138. The van der Waals surface area contributed by atoms with Gasteiger partial charge in [0.1, 0.15) is 17.8 Å². The van der Waals surface area contributed by atoms with Gasteiger partial charge in [-0.1, -0.05) is 43.0 Å². The number of alkyl halides is 1. The minimum absolute atomic E-state index is 0.0710. The van der Waals surface area contributed by atoms with E-state index < -0.39 is 6.17 Å². The van der Waals surface area contributed by atoms with Crippen molar-refractivity contribution in [2.75, 3.05) is 13.2 Å². The molecule has 1 unspecified atom stereocenters. The highest BCUT2D eigenvalue weighted by Gasteiger charge is 2.13. The molecule has 2 aliphatic carbocycles. The van der Waals surface area contributed by atoms with Crippen LogP contribution in [0.3, 0.4) is 0 Å². The summed E-state index contributed by atoms with van der Waals surface area (Å²) in [7, 11) is 0. The molecular formula is C30H33F2N3O. The van der Waals surface area contributed by atoms with Gasteiger partial charge >= 0.3 is 0 Å². The van der Waals surface area contributed by atoms with Crippen LogP contribution in [0.4, 0.5) is 8.78 Å². The van der Waals surface area contributed by atoms with E-state index >= 15 is 0 Å². The van der Waals surface area contributed by atoms with Gasteiger partial charge in [0.15, 0.2) is 0 Å². The molecule has 1 atom stereocenters. The van der Waals surface area contributed by atoms with Crippen LogP contribution in [-0.4, -0.2) is 35.9 Å². The second-order valence-electron chi connectivity index (χ2n) is 8.60. The Morgan fingerprint density at radius 2 is 2.00 bits per heavy atom. The van der Waals surface area contributed by atoms with Gasteiger partial charge in [-0.2, -0.15) is 0 Å². The van der Waals surface area contributed by atoms with Gasteiger partial charge in [0, 0.05) is 29.8 Å². The van der Waals surface area contributed by atoms with E-state index in [4.69, 9.17) is 9.98 Å². The normalized spacial score (nSPS) is 20.2. The first-order chi connectivity index (χ1) is 17.4. The van der Waals surface area contributed by atoms with Gasteiger partial charge in [0.2, 0.25) is 0 Å². The largest absolute Gasteiger partial charge is 0.392 e. The number of hydrogen-bond donors (Lipinski definition) is 2. The monoisotopic (exact) mass is 489 g/mol. The maximum Gasteiger partial charge on any atom is 0.123 e. The van der Waals surface area contributed by atoms with Crippen LogP contribution in [0.2, 0.25) is 0 Å². The highest BCUT2D eigenvalue weighted by Crippen LogP contribution is 2.25. The Morgan fingerprint density at radius 1 is 1.22 bits per heavy atom. The molecule has 0 fully saturated rings. The molecule has 0 heterocycles. The average molecular weight is 490 g/mol. The molecular weight excluding hydrogens is 456 g/mol. The fourth-order valence-electron chi connectivity index (χ4n) is 3.81. The third-order valence-corrected chi connectivity index (χ3v) is 5.75. The molecule has 188 valence electrons. The van der Waals surface area contributed by atoms with E-state index in [2.05, 4.69) is 11.9 Å². The number of aliphatic imine (C=N–C) groups is 2. The SMILES string of the molecule is C=C(/N=C(\C=C/C)C(C)=C(N=C1C=C(CO)C=CC1)c1ccc(F)cc1)NCC1=CCCC(F)C=C1. The number of benzene rings is 1. The van der Waals surface area contributed by atoms with Gasteiger partial charge in [-0.3, -0.25) is 4.99 Å². The molecule has 2 aliphatic rings. The van der Waals surface area contributed by atoms with Crippen molar-refractivity contribution in [1.29, 1.82) is 0 Å². The third kappa shape index (κ3) is 7.95. The summed E-state index contributed by atoms with van der Waals surface area (Å²) in [6.07, 6.45) is 15.7. The topological polar surface area (TPSA) is 57.0 Å². The molecule has 0 spiro atoms. The summed E-state index contributed by atoms with van der Waals surface area (Å²) in [6.45, 7) is 8.29. The van der Waals surface area contributed by atoms with E-state index in [1.165, 1.54) is 12.1 Å². The fraction of sp³-hybridized carbons (Fsp3) is 0.267. The summed E-state index contributed by atoms with van der Waals surface area (Å²) >= 11 is 0. The highest BCUT2D eigenvalue weighted by atomic mass is 19.1. The Hall–Kier alpha value is -3.64. The van der Waals surface area contributed by atoms with Crippen molar-refractivity contribution in [1.82, 2.24) is 5.32 Å². The molecule has 0 amide bonds. The van der Waals surface area contributed by atoms with Crippen molar-refractivity contribution in [3.05, 3.63) is 113 Å². The van der Waals surface area contributed by atoms with Gasteiger partial charge in [-0.05, 0) is 74.3 Å². The van der Waals surface area contributed by atoms with E-state index in [9.17, 15) is 13.9 Å². The predicted octanol–water partition coefficient (Wildman–Crippen LogP) is 6.57. The van der Waals surface area contributed by atoms with Crippen molar-refractivity contribution in [3.63, 3.8) is 0 Å². The molecule has 0 radical (unpaired) electrons. The average Bonchev–Trinajstić information content (AvgIpc) is 3.10. The summed E-state index contributed by atoms with van der Waals surface area (Å²) in [5.41, 5.74) is 5.40. The number of halogens is 2. The molecule has 0 aliphatic heterocycles. The summed E-state index contributed by atoms with van der Waals surface area (Å²) < 4.78 is 27.2. The number of hydrogen-bond acceptors (Lipinski definition) is 4. The van der Waals surface area contributed by atoms with Crippen LogP contribution in [-0.2, 0) is 0 Å². The molecule has 1 aromatic rings. The number of aliphatic hydroxyl groups is 1. The Labute approximate surface area is 212 Å². The molecule has 0 saturated carbocycles. The first kappa shape index (κ1) is 27.0.